The highest BCUT2D eigenvalue weighted by molar-refractivity contribution is 5.71. The van der Waals surface area contributed by atoms with E-state index < -0.39 is 24.3 Å². The normalized spacial score (nSPS) is 14.1. The van der Waals surface area contributed by atoms with E-state index in [1.54, 1.807) is 0 Å². The number of carboxylic acids is 1. The molecular weight excluding hydrogens is 1270 g/mol. The van der Waals surface area contributed by atoms with Crippen molar-refractivity contribution in [1.82, 2.24) is 0 Å². The van der Waals surface area contributed by atoms with Crippen LogP contribution in [0.5, 0.6) is 0 Å². The number of carbonyl (C=O) groups excluding carboxylic acids is 2. The van der Waals surface area contributed by atoms with Gasteiger partial charge in [0, 0.05) is 12.8 Å². The maximum atomic E-state index is 13.0. The SMILES string of the molecule is CC/C=C\C/C=C\C/C=C\C/C=C\C/C=C\C/C=C\C/C=C\C/C=C\C/C=C\C/C=C\C/C=C\CCCCCCCC(=O)OCC(COC(OCC[N+](C)(C)C)C(=O)O)OC(=O)CCCCCCC/C=C\C/C=C\C/C=C\C/C=C\C/C=C\C/C=C\C/C=C\C/C=C\C/C=C\C/C=C\C/C=C\CC. The van der Waals surface area contributed by atoms with Crippen LogP contribution in [0.2, 0.25) is 0 Å². The van der Waals surface area contributed by atoms with Gasteiger partial charge in [-0.3, -0.25) is 9.59 Å². The Morgan fingerprint density at radius 1 is 0.291 bits per heavy atom. The molecule has 0 heterocycles. The Kier molecular flexibility index (Phi) is 74.5. The summed E-state index contributed by atoms with van der Waals surface area (Å²) in [7, 11) is 5.94. The monoisotopic (exact) mass is 1410 g/mol. The average molecular weight is 1410 g/mol. The molecule has 9 heteroatoms. The summed E-state index contributed by atoms with van der Waals surface area (Å²) in [6.07, 6.45) is 129. The molecule has 570 valence electrons. The molecule has 0 saturated heterocycles. The molecule has 2 unspecified atom stereocenters. The quantitative estimate of drug-likeness (QED) is 0.0211. The first kappa shape index (κ1) is 95.6. The minimum Gasteiger partial charge on any atom is -0.477 e. The van der Waals surface area contributed by atoms with E-state index in [1.165, 1.54) is 0 Å². The zero-order valence-electron chi connectivity index (χ0n) is 65.1. The summed E-state index contributed by atoms with van der Waals surface area (Å²) < 4.78 is 22.9. The van der Waals surface area contributed by atoms with E-state index >= 15 is 0 Å². The fraction of sp³-hybridized carbons (Fsp3) is 0.500. The zero-order valence-corrected chi connectivity index (χ0v) is 65.1. The molecule has 0 radical (unpaired) electrons. The molecule has 9 nitrogen and oxygen atoms in total. The molecule has 0 fully saturated rings. The van der Waals surface area contributed by atoms with E-state index in [4.69, 9.17) is 18.9 Å². The standard InChI is InChI=1S/C94H141NO8/c1-6-8-10-12-14-16-18-20-22-24-26-28-30-32-34-36-38-40-42-44-46-48-50-52-54-56-58-60-62-64-66-68-70-72-74-76-78-80-82-84-91(96)101-88-90(89-102-94(93(98)99)100-87-86-95(3,4)5)103-92(97)85-83-81-79-77-75-73-71-69-67-65-63-61-59-57-55-53-51-49-47-45-43-41-39-37-35-33-31-29-27-25-23-21-19-17-15-13-11-9-7-2/h8-11,14-17,20-23,26-29,32-35,38-41,44-47,50-53,56-59,62-65,68-71,90,94H,6-7,12-13,18-19,24-25,30-31,36-37,42-43,48-49,54-55,60-61,66-67,72-89H2,1-5H3/p+1/b10-8-,11-9-,16-14-,17-15-,22-20-,23-21-,28-26-,29-27-,34-32-,35-33-,40-38-,41-39-,46-44-,47-45-,52-50-,53-51-,58-56-,59-57-,64-62-,65-63-,70-68-,71-69-. The van der Waals surface area contributed by atoms with Gasteiger partial charge < -0.3 is 28.5 Å². The van der Waals surface area contributed by atoms with Gasteiger partial charge >= 0.3 is 17.9 Å². The van der Waals surface area contributed by atoms with Crippen molar-refractivity contribution in [1.29, 1.82) is 0 Å². The van der Waals surface area contributed by atoms with Crippen molar-refractivity contribution in [2.75, 3.05) is 47.5 Å². The maximum absolute atomic E-state index is 13.0. The lowest BCUT2D eigenvalue weighted by atomic mass is 10.1. The lowest BCUT2D eigenvalue weighted by Crippen LogP contribution is -2.40. The van der Waals surface area contributed by atoms with Gasteiger partial charge in [0.25, 0.3) is 6.29 Å². The maximum Gasteiger partial charge on any atom is 0.361 e. The number of aliphatic carboxylic acids is 1. The van der Waals surface area contributed by atoms with E-state index in [1.807, 2.05) is 21.1 Å². The van der Waals surface area contributed by atoms with Crippen LogP contribution in [0.4, 0.5) is 0 Å². The second kappa shape index (κ2) is 80.3. The Bertz CT molecular complexity index is 2710. The van der Waals surface area contributed by atoms with E-state index in [0.717, 1.165) is 205 Å². The molecule has 2 atom stereocenters. The van der Waals surface area contributed by atoms with Crippen molar-refractivity contribution in [3.05, 3.63) is 267 Å². The predicted octanol–water partition coefficient (Wildman–Crippen LogP) is 25.9. The smallest absolute Gasteiger partial charge is 0.361 e. The van der Waals surface area contributed by atoms with Crippen molar-refractivity contribution in [3.63, 3.8) is 0 Å². The van der Waals surface area contributed by atoms with Gasteiger partial charge in [0.2, 0.25) is 0 Å². The number of quaternary nitrogens is 1. The predicted molar refractivity (Wildman–Crippen MR) is 446 cm³/mol. The van der Waals surface area contributed by atoms with Crippen LogP contribution in [0.25, 0.3) is 0 Å². The molecule has 0 aliphatic rings. The summed E-state index contributed by atoms with van der Waals surface area (Å²) in [6, 6.07) is 0. The molecule has 0 spiro atoms. The number of esters is 2. The molecule has 1 N–H and O–H groups in total. The van der Waals surface area contributed by atoms with Gasteiger partial charge in [-0.2, -0.15) is 0 Å². The fourth-order valence-corrected chi connectivity index (χ4v) is 9.55. The molecule has 0 aliphatic carbocycles. The van der Waals surface area contributed by atoms with Crippen LogP contribution in [-0.4, -0.2) is 87.4 Å². The van der Waals surface area contributed by atoms with Crippen LogP contribution in [0.1, 0.15) is 245 Å². The van der Waals surface area contributed by atoms with Crippen molar-refractivity contribution < 1.29 is 42.9 Å². The largest absolute Gasteiger partial charge is 0.477 e. The second-order valence-corrected chi connectivity index (χ2v) is 26.2. The number of carbonyl (C=O) groups is 3. The molecule has 0 bridgehead atoms. The Morgan fingerprint density at radius 3 is 0.777 bits per heavy atom. The lowest BCUT2D eigenvalue weighted by Gasteiger charge is -2.25. The van der Waals surface area contributed by atoms with E-state index in [9.17, 15) is 19.5 Å². The summed E-state index contributed by atoms with van der Waals surface area (Å²) in [6.45, 7) is 4.56. The molecule has 0 aliphatic heterocycles. The molecule has 0 aromatic rings. The summed E-state index contributed by atoms with van der Waals surface area (Å²) in [4.78, 5) is 37.7. The Hall–Kier alpha value is -7.43. The van der Waals surface area contributed by atoms with Gasteiger partial charge in [-0.25, -0.2) is 4.79 Å². The van der Waals surface area contributed by atoms with Crippen molar-refractivity contribution in [2.45, 2.75) is 257 Å². The number of ether oxygens (including phenoxy) is 4. The molecule has 0 rings (SSSR count). The third kappa shape index (κ3) is 81.7. The minimum atomic E-state index is -1.54. The summed E-state index contributed by atoms with van der Waals surface area (Å²) in [5.41, 5.74) is 0. The van der Waals surface area contributed by atoms with Crippen LogP contribution in [0.3, 0.4) is 0 Å². The highest BCUT2D eigenvalue weighted by Gasteiger charge is 2.25. The van der Waals surface area contributed by atoms with Crippen molar-refractivity contribution >= 4 is 17.9 Å². The number of nitrogens with zero attached hydrogens (tertiary/aromatic N) is 1. The first-order valence-corrected chi connectivity index (χ1v) is 39.5. The Labute approximate surface area is 629 Å². The van der Waals surface area contributed by atoms with Crippen LogP contribution in [-0.2, 0) is 33.3 Å². The molecule has 0 aromatic heterocycles. The van der Waals surface area contributed by atoms with E-state index in [2.05, 4.69) is 281 Å². The Balaban J connectivity index is 4.27. The van der Waals surface area contributed by atoms with Crippen LogP contribution < -0.4 is 0 Å². The summed E-state index contributed by atoms with van der Waals surface area (Å²) in [5.74, 6) is -2.09. The topological polar surface area (TPSA) is 108 Å². The third-order valence-corrected chi connectivity index (χ3v) is 15.5. The van der Waals surface area contributed by atoms with E-state index in [-0.39, 0.29) is 38.6 Å². The number of hydrogen-bond acceptors (Lipinski definition) is 7. The third-order valence-electron chi connectivity index (χ3n) is 15.5. The van der Waals surface area contributed by atoms with Gasteiger partial charge in [-0.05, 0) is 180 Å². The molecule has 0 aromatic carbocycles. The summed E-state index contributed by atoms with van der Waals surface area (Å²) in [5, 5.41) is 9.77. The van der Waals surface area contributed by atoms with Crippen molar-refractivity contribution in [2.24, 2.45) is 0 Å². The first-order chi connectivity index (χ1) is 50.6. The number of allylic oxidation sites excluding steroid dienone is 44. The fourth-order valence-electron chi connectivity index (χ4n) is 9.55. The highest BCUT2D eigenvalue weighted by atomic mass is 16.7. The number of carboxylic acid groups (broad SMARTS) is 1. The Morgan fingerprint density at radius 2 is 0.524 bits per heavy atom. The van der Waals surface area contributed by atoms with Crippen LogP contribution in [0.15, 0.2) is 267 Å². The van der Waals surface area contributed by atoms with Gasteiger partial charge in [0.05, 0.1) is 34.4 Å². The lowest BCUT2D eigenvalue weighted by molar-refractivity contribution is -0.870. The van der Waals surface area contributed by atoms with Gasteiger partial charge in [-0.1, -0.05) is 320 Å². The number of rotatable bonds is 69. The second-order valence-electron chi connectivity index (χ2n) is 26.2. The van der Waals surface area contributed by atoms with Gasteiger partial charge in [-0.15, -0.1) is 0 Å². The summed E-state index contributed by atoms with van der Waals surface area (Å²) >= 11 is 0. The highest BCUT2D eigenvalue weighted by Crippen LogP contribution is 2.14. The number of likely N-dealkylation sites (N-methyl/N-ethyl adjacent to an activating group) is 1. The van der Waals surface area contributed by atoms with E-state index in [0.29, 0.717) is 23.9 Å². The van der Waals surface area contributed by atoms with Crippen molar-refractivity contribution in [3.8, 4) is 0 Å². The van der Waals surface area contributed by atoms with Crippen LogP contribution >= 0.6 is 0 Å². The first-order valence-electron chi connectivity index (χ1n) is 39.5. The van der Waals surface area contributed by atoms with Crippen LogP contribution in [0, 0.1) is 0 Å². The molecule has 0 saturated carbocycles. The number of hydrogen-bond donors (Lipinski definition) is 1. The molecule has 0 amide bonds. The zero-order chi connectivity index (χ0) is 74.6. The molecular formula is C94H142NO8+. The van der Waals surface area contributed by atoms with Gasteiger partial charge in [0.1, 0.15) is 13.2 Å². The minimum absolute atomic E-state index is 0.165. The van der Waals surface area contributed by atoms with Gasteiger partial charge in [0.15, 0.2) is 6.10 Å². The number of unbranched alkanes of at least 4 members (excludes halogenated alkanes) is 10. The molecule has 103 heavy (non-hydrogen) atoms. The average Bonchev–Trinajstić information content (AvgIpc) is 1.06.